The quantitative estimate of drug-likeness (QED) is 0.141. The Balaban J connectivity index is 1.71. The zero-order valence-corrected chi connectivity index (χ0v) is 25.2. The van der Waals surface area contributed by atoms with E-state index in [1.165, 1.54) is 22.3 Å². The maximum absolute atomic E-state index is 5.81. The predicted molar refractivity (Wildman–Crippen MR) is 165 cm³/mol. The van der Waals surface area contributed by atoms with Crippen LogP contribution < -0.4 is 10.1 Å². The van der Waals surface area contributed by atoms with Crippen LogP contribution in [0, 0.1) is 0 Å². The van der Waals surface area contributed by atoms with Crippen molar-refractivity contribution in [3.63, 3.8) is 0 Å². The first-order valence-corrected chi connectivity index (χ1v) is 15.1. The minimum atomic E-state index is 0.152. The summed E-state index contributed by atoms with van der Waals surface area (Å²) in [6.45, 7) is 10.3. The molecule has 0 atom stereocenters. The highest BCUT2D eigenvalue weighted by atomic mass is 127. The molecule has 0 aliphatic carbocycles. The summed E-state index contributed by atoms with van der Waals surface area (Å²) in [5, 5.41) is 3.62. The van der Waals surface area contributed by atoms with Crippen molar-refractivity contribution in [3.8, 4) is 11.4 Å². The molecule has 1 N–H and O–H groups in total. The molecule has 0 aliphatic heterocycles. The molecule has 0 saturated carbocycles. The van der Waals surface area contributed by atoms with Crippen LogP contribution in [0.5, 0.6) is 5.75 Å². The highest BCUT2D eigenvalue weighted by Gasteiger charge is 2.16. The largest absolute Gasteiger partial charge is 0.494 e. The minimum Gasteiger partial charge on any atom is -0.494 e. The van der Waals surface area contributed by atoms with Gasteiger partial charge in [-0.25, -0.2) is 4.98 Å². The van der Waals surface area contributed by atoms with Gasteiger partial charge in [0.25, 0.3) is 0 Å². The summed E-state index contributed by atoms with van der Waals surface area (Å²) in [6.07, 6.45) is 0.997. The number of anilines is 1. The average Bonchev–Trinajstić information content (AvgIpc) is 3.22. The fraction of sp³-hybridized carbons (Fsp3) is 0.345. The van der Waals surface area contributed by atoms with Gasteiger partial charge in [-0.15, -0.1) is 0 Å². The molecule has 4 aromatic rings. The van der Waals surface area contributed by atoms with Crippen LogP contribution in [-0.4, -0.2) is 16.2 Å². The maximum Gasteiger partial charge on any atom is 0.208 e. The number of halogens is 2. The molecular weight excluding hydrogens is 660 g/mol. The zero-order valence-electron chi connectivity index (χ0n) is 20.9. The van der Waals surface area contributed by atoms with E-state index >= 15 is 0 Å². The van der Waals surface area contributed by atoms with Gasteiger partial charge >= 0.3 is 0 Å². The molecule has 0 aliphatic rings. The number of imidazole rings is 1. The van der Waals surface area contributed by atoms with Gasteiger partial charge in [-0.05, 0) is 70.5 Å². The Bertz CT molecular complexity index is 1270. The number of nitrogens with zero attached hydrogens (tertiary/aromatic N) is 2. The second-order valence-electron chi connectivity index (χ2n) is 9.79. The van der Waals surface area contributed by atoms with Gasteiger partial charge in [0, 0.05) is 21.1 Å². The predicted octanol–water partition coefficient (Wildman–Crippen LogP) is 8.59. The first kappa shape index (κ1) is 26.3. The van der Waals surface area contributed by atoms with Crippen LogP contribution in [0.25, 0.3) is 16.7 Å². The fourth-order valence-electron chi connectivity index (χ4n) is 4.05. The second-order valence-corrected chi connectivity index (χ2v) is 11.3. The number of benzene rings is 3. The third-order valence-electron chi connectivity index (χ3n) is 6.10. The summed E-state index contributed by atoms with van der Waals surface area (Å²) in [6, 6.07) is 21.8. The lowest BCUT2D eigenvalue weighted by atomic mass is 9.87. The van der Waals surface area contributed by atoms with Gasteiger partial charge in [-0.1, -0.05) is 97.1 Å². The van der Waals surface area contributed by atoms with Crippen LogP contribution in [-0.2, 0) is 20.8 Å². The molecular formula is C29H33I2N3O. The van der Waals surface area contributed by atoms with Gasteiger partial charge in [0.05, 0.1) is 17.6 Å². The third-order valence-corrected chi connectivity index (χ3v) is 7.75. The van der Waals surface area contributed by atoms with Gasteiger partial charge in [-0.2, -0.15) is 0 Å². The molecule has 4 rings (SSSR count). The van der Waals surface area contributed by atoms with Crippen molar-refractivity contribution in [2.75, 3.05) is 11.9 Å². The Morgan fingerprint density at radius 2 is 1.57 bits per heavy atom. The smallest absolute Gasteiger partial charge is 0.208 e. The van der Waals surface area contributed by atoms with E-state index in [0.29, 0.717) is 6.54 Å². The summed E-state index contributed by atoms with van der Waals surface area (Å²) in [5.74, 6) is 1.75. The highest BCUT2D eigenvalue weighted by Crippen LogP contribution is 2.31. The standard InChI is InChI=1S/C29H33I2N3O/c1-5-14-35-25-12-10-24(11-13-25)34-27-16-22(18-31)21(17-30)15-26(27)33-28(34)32-19-20-6-8-23(9-7-20)29(2,3)4/h6-13,15-16H,5,14,17-19H2,1-4H3,(H,32,33). The van der Waals surface area contributed by atoms with Crippen molar-refractivity contribution < 1.29 is 4.74 Å². The van der Waals surface area contributed by atoms with Crippen molar-refractivity contribution in [3.05, 3.63) is 82.9 Å². The summed E-state index contributed by atoms with van der Waals surface area (Å²) >= 11 is 4.89. The number of fused-ring (bicyclic) bond motifs is 1. The monoisotopic (exact) mass is 693 g/mol. The van der Waals surface area contributed by atoms with E-state index in [1.807, 2.05) is 12.1 Å². The van der Waals surface area contributed by atoms with Crippen molar-refractivity contribution in [1.82, 2.24) is 9.55 Å². The molecule has 1 heterocycles. The van der Waals surface area contributed by atoms with Gasteiger partial charge in [0.15, 0.2) is 0 Å². The van der Waals surface area contributed by atoms with E-state index in [-0.39, 0.29) is 5.41 Å². The Hall–Kier alpha value is -1.81. The third kappa shape index (κ3) is 6.13. The highest BCUT2D eigenvalue weighted by molar-refractivity contribution is 14.1. The molecule has 0 amide bonds. The molecule has 35 heavy (non-hydrogen) atoms. The van der Waals surface area contributed by atoms with E-state index < -0.39 is 0 Å². The second kappa shape index (κ2) is 11.5. The Labute approximate surface area is 236 Å². The Morgan fingerprint density at radius 1 is 0.914 bits per heavy atom. The first-order valence-electron chi connectivity index (χ1n) is 12.1. The molecule has 1 aromatic heterocycles. The van der Waals surface area contributed by atoms with Crippen molar-refractivity contribution in [2.45, 2.75) is 54.9 Å². The van der Waals surface area contributed by atoms with Gasteiger partial charge in [-0.3, -0.25) is 4.57 Å². The van der Waals surface area contributed by atoms with Crippen LogP contribution in [0.2, 0.25) is 0 Å². The van der Waals surface area contributed by atoms with Crippen molar-refractivity contribution in [1.29, 1.82) is 0 Å². The normalized spacial score (nSPS) is 11.7. The summed E-state index contributed by atoms with van der Waals surface area (Å²) in [4.78, 5) is 5.03. The molecule has 0 radical (unpaired) electrons. The molecule has 0 spiro atoms. The van der Waals surface area contributed by atoms with E-state index in [1.54, 1.807) is 0 Å². The number of hydrogen-bond donors (Lipinski definition) is 1. The summed E-state index contributed by atoms with van der Waals surface area (Å²) < 4.78 is 9.99. The van der Waals surface area contributed by atoms with E-state index in [0.717, 1.165) is 50.3 Å². The molecule has 184 valence electrons. The number of ether oxygens (including phenoxy) is 1. The Morgan fingerprint density at radius 3 is 2.17 bits per heavy atom. The number of hydrogen-bond acceptors (Lipinski definition) is 3. The first-order chi connectivity index (χ1) is 16.8. The van der Waals surface area contributed by atoms with Crippen LogP contribution >= 0.6 is 45.2 Å². The fourth-order valence-corrected chi connectivity index (χ4v) is 5.47. The van der Waals surface area contributed by atoms with Crippen LogP contribution in [0.4, 0.5) is 5.95 Å². The van der Waals surface area contributed by atoms with Gasteiger partial charge < -0.3 is 10.1 Å². The lowest BCUT2D eigenvalue weighted by Crippen LogP contribution is -2.11. The SMILES string of the molecule is CCCOc1ccc(-n2c(NCc3ccc(C(C)(C)C)cc3)nc3cc(CI)c(CI)cc32)cc1. The number of aromatic nitrogens is 2. The van der Waals surface area contributed by atoms with Crippen LogP contribution in [0.15, 0.2) is 60.7 Å². The number of rotatable bonds is 9. The topological polar surface area (TPSA) is 39.1 Å². The van der Waals surface area contributed by atoms with E-state index in [9.17, 15) is 0 Å². The van der Waals surface area contributed by atoms with Gasteiger partial charge in [0.1, 0.15) is 5.75 Å². The zero-order chi connectivity index (χ0) is 25.0. The van der Waals surface area contributed by atoms with Crippen molar-refractivity contribution >= 4 is 62.2 Å². The maximum atomic E-state index is 5.81. The molecule has 0 bridgehead atoms. The number of alkyl halides is 2. The molecule has 6 heteroatoms. The molecule has 0 fully saturated rings. The summed E-state index contributed by atoms with van der Waals surface area (Å²) in [7, 11) is 0. The van der Waals surface area contributed by atoms with E-state index in [2.05, 4.69) is 131 Å². The lowest BCUT2D eigenvalue weighted by Gasteiger charge is -2.19. The Kier molecular flexibility index (Phi) is 8.63. The number of nitrogens with one attached hydrogen (secondary N) is 1. The average molecular weight is 693 g/mol. The van der Waals surface area contributed by atoms with E-state index in [4.69, 9.17) is 9.72 Å². The van der Waals surface area contributed by atoms with Crippen LogP contribution in [0.3, 0.4) is 0 Å². The summed E-state index contributed by atoms with van der Waals surface area (Å²) in [5.41, 5.74) is 8.66. The minimum absolute atomic E-state index is 0.152. The van der Waals surface area contributed by atoms with Crippen molar-refractivity contribution in [2.24, 2.45) is 0 Å². The lowest BCUT2D eigenvalue weighted by molar-refractivity contribution is 0.317. The molecule has 0 saturated heterocycles. The van der Waals surface area contributed by atoms with Crippen LogP contribution in [0.1, 0.15) is 56.4 Å². The molecule has 4 nitrogen and oxygen atoms in total. The molecule has 0 unspecified atom stereocenters. The van der Waals surface area contributed by atoms with Gasteiger partial charge in [0.2, 0.25) is 5.95 Å². The molecule has 3 aromatic carbocycles.